The van der Waals surface area contributed by atoms with E-state index in [2.05, 4.69) is 6.92 Å². The molecule has 1 heterocycles. The van der Waals surface area contributed by atoms with Gasteiger partial charge < -0.3 is 4.90 Å². The van der Waals surface area contributed by atoms with E-state index in [-0.39, 0.29) is 11.8 Å². The molecule has 1 fully saturated rings. The number of hydrogen-bond acceptors (Lipinski definition) is 3. The fourth-order valence-electron chi connectivity index (χ4n) is 3.02. The Morgan fingerprint density at radius 1 is 1.21 bits per heavy atom. The maximum Gasteiger partial charge on any atom is 0.243 e. The van der Waals surface area contributed by atoms with Crippen LogP contribution in [0, 0.1) is 5.92 Å². The van der Waals surface area contributed by atoms with E-state index in [0.29, 0.717) is 24.4 Å². The van der Waals surface area contributed by atoms with E-state index in [1.165, 1.54) is 0 Å². The average molecular weight is 353 g/mol. The lowest BCUT2D eigenvalue weighted by molar-refractivity contribution is -0.131. The molecule has 1 saturated heterocycles. The van der Waals surface area contributed by atoms with Gasteiger partial charge in [-0.2, -0.15) is 4.31 Å². The summed E-state index contributed by atoms with van der Waals surface area (Å²) < 4.78 is 26.7. The van der Waals surface area contributed by atoms with Crippen molar-refractivity contribution >= 4 is 15.9 Å². The molecular formula is C18H28N2O3S. The van der Waals surface area contributed by atoms with Crippen molar-refractivity contribution in [3.8, 4) is 0 Å². The van der Waals surface area contributed by atoms with Crippen LogP contribution in [0.2, 0.25) is 0 Å². The van der Waals surface area contributed by atoms with E-state index in [1.54, 1.807) is 33.5 Å². The Labute approximate surface area is 145 Å². The number of unbranched alkanes of at least 4 members (excludes halogenated alkanes) is 1. The molecule has 1 aliphatic heterocycles. The molecule has 0 aromatic heterocycles. The number of carbonyl (C=O) groups is 1. The van der Waals surface area contributed by atoms with Gasteiger partial charge in [-0.05, 0) is 37.3 Å². The van der Waals surface area contributed by atoms with Crippen molar-refractivity contribution in [2.75, 3.05) is 26.7 Å². The molecule has 1 aromatic rings. The Bertz CT molecular complexity index is 623. The Hall–Kier alpha value is -1.40. The van der Waals surface area contributed by atoms with Gasteiger partial charge in [0, 0.05) is 33.1 Å². The van der Waals surface area contributed by atoms with E-state index in [4.69, 9.17) is 0 Å². The minimum Gasteiger partial charge on any atom is -0.346 e. The molecule has 1 aromatic carbocycles. The Kier molecular flexibility index (Phi) is 6.80. The lowest BCUT2D eigenvalue weighted by Gasteiger charge is -2.31. The van der Waals surface area contributed by atoms with Crippen LogP contribution in [0.3, 0.4) is 0 Å². The van der Waals surface area contributed by atoms with Crippen molar-refractivity contribution in [1.82, 2.24) is 9.21 Å². The quantitative estimate of drug-likeness (QED) is 0.758. The minimum absolute atomic E-state index is 0.174. The van der Waals surface area contributed by atoms with Gasteiger partial charge in [0.15, 0.2) is 0 Å². The first kappa shape index (κ1) is 18.9. The van der Waals surface area contributed by atoms with Crippen molar-refractivity contribution in [2.45, 2.75) is 43.9 Å². The molecule has 0 N–H and O–H groups in total. The van der Waals surface area contributed by atoms with Gasteiger partial charge in [-0.15, -0.1) is 0 Å². The first-order valence-corrected chi connectivity index (χ1v) is 10.2. The molecule has 0 bridgehead atoms. The van der Waals surface area contributed by atoms with E-state index < -0.39 is 10.0 Å². The zero-order valence-corrected chi connectivity index (χ0v) is 15.5. The number of carbonyl (C=O) groups excluding carboxylic acids is 1. The van der Waals surface area contributed by atoms with Gasteiger partial charge in [-0.3, -0.25) is 4.79 Å². The SMILES string of the molecule is CCCCN(C)C(=O)CC1CCN(S(=O)(=O)c2ccccc2)CC1. The third kappa shape index (κ3) is 4.80. The summed E-state index contributed by atoms with van der Waals surface area (Å²) >= 11 is 0. The fraction of sp³-hybridized carbons (Fsp3) is 0.611. The van der Waals surface area contributed by atoms with Gasteiger partial charge >= 0.3 is 0 Å². The van der Waals surface area contributed by atoms with Crippen LogP contribution in [0.25, 0.3) is 0 Å². The Balaban J connectivity index is 1.86. The van der Waals surface area contributed by atoms with Gasteiger partial charge in [0.05, 0.1) is 4.90 Å². The normalized spacial score (nSPS) is 16.9. The van der Waals surface area contributed by atoms with E-state index in [0.717, 1.165) is 32.2 Å². The molecule has 5 nitrogen and oxygen atoms in total. The molecule has 0 radical (unpaired) electrons. The molecule has 0 aliphatic carbocycles. The molecule has 0 saturated carbocycles. The molecular weight excluding hydrogens is 324 g/mol. The number of rotatable bonds is 7. The Morgan fingerprint density at radius 2 is 1.83 bits per heavy atom. The van der Waals surface area contributed by atoms with Gasteiger partial charge in [0.1, 0.15) is 0 Å². The van der Waals surface area contributed by atoms with Crippen molar-refractivity contribution in [3.63, 3.8) is 0 Å². The number of amides is 1. The largest absolute Gasteiger partial charge is 0.346 e. The van der Waals surface area contributed by atoms with Crippen LogP contribution in [0.5, 0.6) is 0 Å². The predicted octanol–water partition coefficient (Wildman–Crippen LogP) is 2.74. The molecule has 1 aliphatic rings. The van der Waals surface area contributed by atoms with Gasteiger partial charge in [0.2, 0.25) is 15.9 Å². The zero-order valence-electron chi connectivity index (χ0n) is 14.6. The maximum absolute atomic E-state index is 12.6. The summed E-state index contributed by atoms with van der Waals surface area (Å²) in [5.74, 6) is 0.455. The van der Waals surface area contributed by atoms with E-state index >= 15 is 0 Å². The monoisotopic (exact) mass is 352 g/mol. The average Bonchev–Trinajstić information content (AvgIpc) is 2.60. The highest BCUT2D eigenvalue weighted by Gasteiger charge is 2.30. The zero-order chi connectivity index (χ0) is 17.6. The summed E-state index contributed by atoms with van der Waals surface area (Å²) in [6.07, 6.45) is 4.13. The van der Waals surface area contributed by atoms with Crippen molar-refractivity contribution in [2.24, 2.45) is 5.92 Å². The third-order valence-corrected chi connectivity index (χ3v) is 6.60. The molecule has 134 valence electrons. The molecule has 0 spiro atoms. The lowest BCUT2D eigenvalue weighted by atomic mass is 9.94. The molecule has 2 rings (SSSR count). The standard InChI is InChI=1S/C18H28N2O3S/c1-3-4-12-19(2)18(21)15-16-10-13-20(14-11-16)24(22,23)17-8-6-5-7-9-17/h5-9,16H,3-4,10-15H2,1-2H3. The smallest absolute Gasteiger partial charge is 0.243 e. The first-order valence-electron chi connectivity index (χ1n) is 8.74. The summed E-state index contributed by atoms with van der Waals surface area (Å²) in [5.41, 5.74) is 0. The number of nitrogens with zero attached hydrogens (tertiary/aromatic N) is 2. The van der Waals surface area contributed by atoms with Crippen LogP contribution in [-0.4, -0.2) is 50.2 Å². The number of benzene rings is 1. The second kappa shape index (κ2) is 8.62. The lowest BCUT2D eigenvalue weighted by Crippen LogP contribution is -2.39. The van der Waals surface area contributed by atoms with Crippen LogP contribution in [0.1, 0.15) is 39.0 Å². The van der Waals surface area contributed by atoms with Crippen LogP contribution >= 0.6 is 0 Å². The van der Waals surface area contributed by atoms with E-state index in [9.17, 15) is 13.2 Å². The minimum atomic E-state index is -3.40. The molecule has 0 unspecified atom stereocenters. The van der Waals surface area contributed by atoms with Crippen LogP contribution in [0.4, 0.5) is 0 Å². The highest BCUT2D eigenvalue weighted by atomic mass is 32.2. The van der Waals surface area contributed by atoms with Gasteiger partial charge in [-0.25, -0.2) is 8.42 Å². The summed E-state index contributed by atoms with van der Waals surface area (Å²) in [6.45, 7) is 3.90. The third-order valence-electron chi connectivity index (χ3n) is 4.69. The molecule has 0 atom stereocenters. The Morgan fingerprint density at radius 3 is 2.42 bits per heavy atom. The summed E-state index contributed by atoms with van der Waals surface area (Å²) in [7, 11) is -1.55. The summed E-state index contributed by atoms with van der Waals surface area (Å²) in [4.78, 5) is 14.4. The van der Waals surface area contributed by atoms with Crippen LogP contribution in [-0.2, 0) is 14.8 Å². The fourth-order valence-corrected chi connectivity index (χ4v) is 4.51. The molecule has 24 heavy (non-hydrogen) atoms. The molecule has 6 heteroatoms. The number of piperidine rings is 1. The first-order chi connectivity index (χ1) is 11.4. The van der Waals surface area contributed by atoms with Gasteiger partial charge in [0.25, 0.3) is 0 Å². The van der Waals surface area contributed by atoms with Crippen molar-refractivity contribution in [3.05, 3.63) is 30.3 Å². The number of hydrogen-bond donors (Lipinski definition) is 0. The topological polar surface area (TPSA) is 57.7 Å². The molecule has 1 amide bonds. The summed E-state index contributed by atoms with van der Waals surface area (Å²) in [5, 5.41) is 0. The second-order valence-corrected chi connectivity index (χ2v) is 8.47. The van der Waals surface area contributed by atoms with Crippen LogP contribution in [0.15, 0.2) is 35.2 Å². The van der Waals surface area contributed by atoms with E-state index in [1.807, 2.05) is 13.1 Å². The second-order valence-electron chi connectivity index (χ2n) is 6.53. The van der Waals surface area contributed by atoms with Crippen molar-refractivity contribution in [1.29, 1.82) is 0 Å². The van der Waals surface area contributed by atoms with Crippen molar-refractivity contribution < 1.29 is 13.2 Å². The highest BCUT2D eigenvalue weighted by Crippen LogP contribution is 2.26. The summed E-state index contributed by atoms with van der Waals surface area (Å²) in [6, 6.07) is 8.56. The highest BCUT2D eigenvalue weighted by molar-refractivity contribution is 7.89. The van der Waals surface area contributed by atoms with Gasteiger partial charge in [-0.1, -0.05) is 31.5 Å². The predicted molar refractivity (Wildman–Crippen MR) is 95.1 cm³/mol. The maximum atomic E-state index is 12.6. The van der Waals surface area contributed by atoms with Crippen LogP contribution < -0.4 is 0 Å². The number of sulfonamides is 1.